The van der Waals surface area contributed by atoms with Crippen LogP contribution in [0.25, 0.3) is 0 Å². The lowest BCUT2D eigenvalue weighted by atomic mass is 10.2. The van der Waals surface area contributed by atoms with Crippen molar-refractivity contribution in [1.29, 1.82) is 0 Å². The molecule has 1 fully saturated rings. The van der Waals surface area contributed by atoms with E-state index in [1.807, 2.05) is 24.3 Å². The molecule has 0 aromatic heterocycles. The van der Waals surface area contributed by atoms with Crippen LogP contribution in [0, 0.1) is 0 Å². The SMILES string of the molecule is CN=C(NCCOc1ccc(Cl)cc1)NCC1CCCO1. The monoisotopic (exact) mass is 311 g/mol. The van der Waals surface area contributed by atoms with E-state index < -0.39 is 0 Å². The predicted octanol–water partition coefficient (Wildman–Crippen LogP) is 2.06. The Bertz CT molecular complexity index is 445. The number of nitrogens with zero attached hydrogens (tertiary/aromatic N) is 1. The first kappa shape index (κ1) is 15.9. The van der Waals surface area contributed by atoms with E-state index in [-0.39, 0.29) is 0 Å². The van der Waals surface area contributed by atoms with Crippen molar-refractivity contribution in [1.82, 2.24) is 10.6 Å². The number of benzene rings is 1. The van der Waals surface area contributed by atoms with Crippen LogP contribution in [0.1, 0.15) is 12.8 Å². The first-order chi connectivity index (χ1) is 10.3. The Labute approximate surface area is 130 Å². The average Bonchev–Trinajstić information content (AvgIpc) is 3.02. The van der Waals surface area contributed by atoms with E-state index in [0.717, 1.165) is 37.7 Å². The third-order valence-corrected chi connectivity index (χ3v) is 3.47. The molecule has 1 saturated heterocycles. The minimum Gasteiger partial charge on any atom is -0.492 e. The van der Waals surface area contributed by atoms with Gasteiger partial charge in [-0.1, -0.05) is 11.6 Å². The summed E-state index contributed by atoms with van der Waals surface area (Å²) in [7, 11) is 1.75. The summed E-state index contributed by atoms with van der Waals surface area (Å²) in [6.07, 6.45) is 2.56. The smallest absolute Gasteiger partial charge is 0.191 e. The quantitative estimate of drug-likeness (QED) is 0.480. The molecule has 1 atom stereocenters. The summed E-state index contributed by atoms with van der Waals surface area (Å²) in [4.78, 5) is 4.17. The van der Waals surface area contributed by atoms with Gasteiger partial charge in [0, 0.05) is 25.2 Å². The topological polar surface area (TPSA) is 54.9 Å². The number of hydrogen-bond acceptors (Lipinski definition) is 3. The van der Waals surface area contributed by atoms with Crippen molar-refractivity contribution < 1.29 is 9.47 Å². The molecule has 0 aliphatic carbocycles. The molecule has 116 valence electrons. The molecule has 1 aromatic rings. The van der Waals surface area contributed by atoms with E-state index >= 15 is 0 Å². The highest BCUT2D eigenvalue weighted by Crippen LogP contribution is 2.15. The molecule has 1 unspecified atom stereocenters. The number of ether oxygens (including phenoxy) is 2. The van der Waals surface area contributed by atoms with E-state index in [0.29, 0.717) is 24.3 Å². The Balaban J connectivity index is 1.60. The number of halogens is 1. The molecule has 6 heteroatoms. The molecule has 2 rings (SSSR count). The fourth-order valence-corrected chi connectivity index (χ4v) is 2.23. The average molecular weight is 312 g/mol. The number of aliphatic imine (C=N–C) groups is 1. The third-order valence-electron chi connectivity index (χ3n) is 3.22. The first-order valence-electron chi connectivity index (χ1n) is 7.22. The van der Waals surface area contributed by atoms with Crippen molar-refractivity contribution in [2.45, 2.75) is 18.9 Å². The van der Waals surface area contributed by atoms with Crippen LogP contribution in [0.5, 0.6) is 5.75 Å². The lowest BCUT2D eigenvalue weighted by Gasteiger charge is -2.15. The lowest BCUT2D eigenvalue weighted by molar-refractivity contribution is 0.114. The number of hydrogen-bond donors (Lipinski definition) is 2. The lowest BCUT2D eigenvalue weighted by Crippen LogP contribution is -2.42. The fraction of sp³-hybridized carbons (Fsp3) is 0.533. The molecule has 1 aromatic carbocycles. The Morgan fingerprint density at radius 3 is 2.86 bits per heavy atom. The Hall–Kier alpha value is -1.46. The van der Waals surface area contributed by atoms with Crippen LogP contribution in [0.4, 0.5) is 0 Å². The van der Waals surface area contributed by atoms with Gasteiger partial charge in [0.15, 0.2) is 5.96 Å². The molecular formula is C15H22ClN3O2. The summed E-state index contributed by atoms with van der Waals surface area (Å²) in [6, 6.07) is 7.33. The minimum absolute atomic E-state index is 0.300. The van der Waals surface area contributed by atoms with Crippen LogP contribution in [-0.4, -0.2) is 45.4 Å². The largest absolute Gasteiger partial charge is 0.492 e. The zero-order valence-electron chi connectivity index (χ0n) is 12.3. The maximum atomic E-state index is 5.82. The molecule has 2 N–H and O–H groups in total. The van der Waals surface area contributed by atoms with Gasteiger partial charge < -0.3 is 20.1 Å². The van der Waals surface area contributed by atoms with E-state index in [2.05, 4.69) is 15.6 Å². The van der Waals surface area contributed by atoms with E-state index in [4.69, 9.17) is 21.1 Å². The molecule has 0 saturated carbocycles. The zero-order valence-corrected chi connectivity index (χ0v) is 13.0. The van der Waals surface area contributed by atoms with E-state index in [1.54, 1.807) is 7.05 Å². The van der Waals surface area contributed by atoms with Crippen LogP contribution < -0.4 is 15.4 Å². The molecule has 0 amide bonds. The molecule has 0 radical (unpaired) electrons. The fourth-order valence-electron chi connectivity index (χ4n) is 2.11. The minimum atomic E-state index is 0.300. The summed E-state index contributed by atoms with van der Waals surface area (Å²) in [6.45, 7) is 2.89. The summed E-state index contributed by atoms with van der Waals surface area (Å²) in [5.74, 6) is 1.58. The second kappa shape index (κ2) is 8.74. The van der Waals surface area contributed by atoms with Crippen molar-refractivity contribution >= 4 is 17.6 Å². The predicted molar refractivity (Wildman–Crippen MR) is 85.3 cm³/mol. The van der Waals surface area contributed by atoms with Crippen LogP contribution in [0.3, 0.4) is 0 Å². The third kappa shape index (κ3) is 5.81. The van der Waals surface area contributed by atoms with E-state index in [9.17, 15) is 0 Å². The van der Waals surface area contributed by atoms with Crippen molar-refractivity contribution in [3.8, 4) is 5.75 Å². The van der Waals surface area contributed by atoms with Crippen molar-refractivity contribution in [3.05, 3.63) is 29.3 Å². The van der Waals surface area contributed by atoms with Gasteiger partial charge in [-0.05, 0) is 37.1 Å². The molecular weight excluding hydrogens is 290 g/mol. The molecule has 1 heterocycles. The molecule has 0 bridgehead atoms. The van der Waals surface area contributed by atoms with Crippen molar-refractivity contribution in [2.24, 2.45) is 4.99 Å². The molecule has 21 heavy (non-hydrogen) atoms. The maximum Gasteiger partial charge on any atom is 0.191 e. The van der Waals surface area contributed by atoms with Gasteiger partial charge in [-0.3, -0.25) is 4.99 Å². The van der Waals surface area contributed by atoms with Crippen LogP contribution in [-0.2, 0) is 4.74 Å². The standard InChI is InChI=1S/C15H22ClN3O2/c1-17-15(19-11-14-3-2-9-20-14)18-8-10-21-13-6-4-12(16)5-7-13/h4-7,14H,2-3,8-11H2,1H3,(H2,17,18,19). The Morgan fingerprint density at radius 2 is 2.19 bits per heavy atom. The summed E-state index contributed by atoms with van der Waals surface area (Å²) in [5.41, 5.74) is 0. The van der Waals surface area contributed by atoms with Gasteiger partial charge in [0.2, 0.25) is 0 Å². The van der Waals surface area contributed by atoms with E-state index in [1.165, 1.54) is 0 Å². The van der Waals surface area contributed by atoms with Crippen molar-refractivity contribution in [2.75, 3.05) is 33.4 Å². The summed E-state index contributed by atoms with van der Waals surface area (Å²) in [5, 5.41) is 7.17. The van der Waals surface area contributed by atoms with Crippen molar-refractivity contribution in [3.63, 3.8) is 0 Å². The van der Waals surface area contributed by atoms with Crippen LogP contribution in [0.2, 0.25) is 5.02 Å². The number of guanidine groups is 1. The van der Waals surface area contributed by atoms with Gasteiger partial charge in [-0.15, -0.1) is 0 Å². The highest BCUT2D eigenvalue weighted by atomic mass is 35.5. The van der Waals surface area contributed by atoms with Gasteiger partial charge in [-0.25, -0.2) is 0 Å². The second-order valence-electron chi connectivity index (χ2n) is 4.82. The van der Waals surface area contributed by atoms with Gasteiger partial charge in [0.1, 0.15) is 12.4 Å². The summed E-state index contributed by atoms with van der Waals surface area (Å²) >= 11 is 5.82. The zero-order chi connectivity index (χ0) is 14.9. The highest BCUT2D eigenvalue weighted by molar-refractivity contribution is 6.30. The van der Waals surface area contributed by atoms with Gasteiger partial charge >= 0.3 is 0 Å². The Morgan fingerprint density at radius 1 is 1.38 bits per heavy atom. The maximum absolute atomic E-state index is 5.82. The van der Waals surface area contributed by atoms with Crippen LogP contribution >= 0.6 is 11.6 Å². The number of nitrogens with one attached hydrogen (secondary N) is 2. The summed E-state index contributed by atoms with van der Waals surface area (Å²) < 4.78 is 11.2. The van der Waals surface area contributed by atoms with Gasteiger partial charge in [-0.2, -0.15) is 0 Å². The molecule has 5 nitrogen and oxygen atoms in total. The normalized spacial score (nSPS) is 18.6. The number of rotatable bonds is 6. The second-order valence-corrected chi connectivity index (χ2v) is 5.25. The van der Waals surface area contributed by atoms with Crippen LogP contribution in [0.15, 0.2) is 29.3 Å². The highest BCUT2D eigenvalue weighted by Gasteiger charge is 2.15. The van der Waals surface area contributed by atoms with Gasteiger partial charge in [0.25, 0.3) is 0 Å². The van der Waals surface area contributed by atoms with Gasteiger partial charge in [0.05, 0.1) is 12.6 Å². The Kier molecular flexibility index (Phi) is 6.63. The molecule has 1 aliphatic heterocycles. The first-order valence-corrected chi connectivity index (χ1v) is 7.60. The molecule has 1 aliphatic rings. The molecule has 0 spiro atoms.